The second-order valence-electron chi connectivity index (χ2n) is 8.74. The Kier molecular flexibility index (Phi) is 5.98. The van der Waals surface area contributed by atoms with Gasteiger partial charge in [-0.3, -0.25) is 19.3 Å². The minimum atomic E-state index is -0.693. The van der Waals surface area contributed by atoms with Crippen molar-refractivity contribution in [1.82, 2.24) is 5.01 Å². The maximum atomic E-state index is 13.6. The maximum Gasteiger partial charge on any atom is 0.299 e. The topological polar surface area (TPSA) is 73.3 Å². The van der Waals surface area contributed by atoms with Crippen LogP contribution in [0.25, 0.3) is 0 Å². The molecule has 0 bridgehead atoms. The zero-order valence-electron chi connectivity index (χ0n) is 19.3. The summed E-state index contributed by atoms with van der Waals surface area (Å²) in [6.07, 6.45) is 0.535. The molecule has 176 valence electrons. The van der Waals surface area contributed by atoms with Crippen LogP contribution in [0, 0.1) is 0 Å². The third-order valence-corrected chi connectivity index (χ3v) is 6.78. The van der Waals surface area contributed by atoms with Crippen molar-refractivity contribution >= 4 is 50.6 Å². The first-order valence-electron chi connectivity index (χ1n) is 11.2. The molecule has 5 rings (SSSR count). The van der Waals surface area contributed by atoms with Crippen LogP contribution < -0.4 is 9.80 Å². The number of amides is 2. The number of ketones is 1. The van der Waals surface area contributed by atoms with Crippen LogP contribution in [0.3, 0.4) is 0 Å². The summed E-state index contributed by atoms with van der Waals surface area (Å²) in [5, 5.41) is 6.16. The lowest BCUT2D eigenvalue weighted by Crippen LogP contribution is -2.40. The summed E-state index contributed by atoms with van der Waals surface area (Å²) in [5.74, 6) is -1.64. The Hall–Kier alpha value is -3.78. The van der Waals surface area contributed by atoms with Crippen LogP contribution in [0.4, 0.5) is 11.4 Å². The van der Waals surface area contributed by atoms with Gasteiger partial charge in [0.25, 0.3) is 17.6 Å². The molecule has 8 heteroatoms. The third-order valence-electron chi connectivity index (χ3n) is 6.29. The average molecular weight is 531 g/mol. The molecule has 35 heavy (non-hydrogen) atoms. The number of halogens is 1. The standard InChI is InChI=1S/C27H23BrN4O3/c1-30(2)20-12-10-17(11-13-20)24-15-22(18-6-5-7-19(28)14-18)29-32(24)25(33)16-31-23-9-4-3-8-21(23)26(34)27(31)35/h3-14,24H,15-16H2,1-2H3. The highest BCUT2D eigenvalue weighted by molar-refractivity contribution is 9.10. The molecule has 0 radical (unpaired) electrons. The first-order chi connectivity index (χ1) is 16.8. The van der Waals surface area contributed by atoms with Gasteiger partial charge in [0.2, 0.25) is 0 Å². The van der Waals surface area contributed by atoms with Crippen molar-refractivity contribution in [2.75, 3.05) is 30.4 Å². The third kappa shape index (κ3) is 4.25. The summed E-state index contributed by atoms with van der Waals surface area (Å²) in [6.45, 7) is -0.261. The van der Waals surface area contributed by atoms with E-state index < -0.39 is 11.7 Å². The predicted molar refractivity (Wildman–Crippen MR) is 139 cm³/mol. The molecule has 2 heterocycles. The van der Waals surface area contributed by atoms with Gasteiger partial charge in [-0.15, -0.1) is 0 Å². The molecule has 0 spiro atoms. The van der Waals surface area contributed by atoms with E-state index in [0.717, 1.165) is 27.0 Å². The van der Waals surface area contributed by atoms with Gasteiger partial charge in [-0.1, -0.05) is 52.3 Å². The molecule has 0 aromatic heterocycles. The van der Waals surface area contributed by atoms with Gasteiger partial charge >= 0.3 is 0 Å². The lowest BCUT2D eigenvalue weighted by molar-refractivity contribution is -0.132. The number of carbonyl (C=O) groups excluding carboxylic acids is 3. The quantitative estimate of drug-likeness (QED) is 0.457. The maximum absolute atomic E-state index is 13.6. The molecule has 0 fully saturated rings. The summed E-state index contributed by atoms with van der Waals surface area (Å²) < 4.78 is 0.923. The van der Waals surface area contributed by atoms with E-state index >= 15 is 0 Å². The van der Waals surface area contributed by atoms with E-state index in [1.54, 1.807) is 24.3 Å². The molecule has 1 atom stereocenters. The zero-order valence-corrected chi connectivity index (χ0v) is 20.9. The minimum Gasteiger partial charge on any atom is -0.378 e. The van der Waals surface area contributed by atoms with Crippen molar-refractivity contribution in [3.05, 3.63) is 94.0 Å². The van der Waals surface area contributed by atoms with Gasteiger partial charge in [-0.25, -0.2) is 5.01 Å². The van der Waals surface area contributed by atoms with Crippen molar-refractivity contribution < 1.29 is 14.4 Å². The first-order valence-corrected chi connectivity index (χ1v) is 12.0. The van der Waals surface area contributed by atoms with Gasteiger partial charge in [-0.05, 0) is 47.5 Å². The van der Waals surface area contributed by atoms with Gasteiger partial charge in [0.1, 0.15) is 6.54 Å². The summed E-state index contributed by atoms with van der Waals surface area (Å²) in [6, 6.07) is 22.2. The van der Waals surface area contributed by atoms with E-state index in [1.165, 1.54) is 9.91 Å². The Bertz CT molecular complexity index is 1370. The van der Waals surface area contributed by atoms with Crippen molar-refractivity contribution in [2.24, 2.45) is 5.10 Å². The van der Waals surface area contributed by atoms with Crippen LogP contribution in [-0.2, 0) is 9.59 Å². The number of nitrogens with zero attached hydrogens (tertiary/aromatic N) is 4. The molecule has 2 amide bonds. The summed E-state index contributed by atoms with van der Waals surface area (Å²) in [5.41, 5.74) is 4.48. The molecule has 3 aromatic carbocycles. The molecular weight excluding hydrogens is 508 g/mol. The van der Waals surface area contributed by atoms with Crippen LogP contribution in [0.5, 0.6) is 0 Å². The van der Waals surface area contributed by atoms with Gasteiger partial charge in [0.05, 0.1) is 23.0 Å². The molecule has 3 aromatic rings. The number of rotatable bonds is 5. The number of hydrazone groups is 1. The van der Waals surface area contributed by atoms with Crippen LogP contribution in [0.1, 0.15) is 33.9 Å². The molecule has 0 N–H and O–H groups in total. The lowest BCUT2D eigenvalue weighted by Gasteiger charge is -2.25. The number of hydrogen-bond acceptors (Lipinski definition) is 5. The summed E-state index contributed by atoms with van der Waals surface area (Å²) in [4.78, 5) is 41.9. The fourth-order valence-corrected chi connectivity index (χ4v) is 4.85. The van der Waals surface area contributed by atoms with Crippen molar-refractivity contribution in [3.8, 4) is 0 Å². The average Bonchev–Trinajstić information content (AvgIpc) is 3.41. The fourth-order valence-electron chi connectivity index (χ4n) is 4.45. The van der Waals surface area contributed by atoms with Crippen LogP contribution in [-0.4, -0.2) is 49.0 Å². The molecule has 7 nitrogen and oxygen atoms in total. The Morgan fingerprint density at radius 3 is 2.49 bits per heavy atom. The smallest absolute Gasteiger partial charge is 0.299 e. The second kappa shape index (κ2) is 9.11. The van der Waals surface area contributed by atoms with E-state index in [1.807, 2.05) is 67.5 Å². The van der Waals surface area contributed by atoms with Crippen molar-refractivity contribution in [1.29, 1.82) is 0 Å². The van der Waals surface area contributed by atoms with Gasteiger partial charge < -0.3 is 4.90 Å². The Morgan fingerprint density at radius 1 is 1.03 bits per heavy atom. The summed E-state index contributed by atoms with van der Waals surface area (Å²) in [7, 11) is 3.95. The molecule has 2 aliphatic heterocycles. The lowest BCUT2D eigenvalue weighted by atomic mass is 9.98. The number of benzene rings is 3. The Morgan fingerprint density at radius 2 is 1.77 bits per heavy atom. The van der Waals surface area contributed by atoms with E-state index in [4.69, 9.17) is 5.10 Å². The first kappa shape index (κ1) is 23.0. The van der Waals surface area contributed by atoms with Gasteiger partial charge in [-0.2, -0.15) is 5.10 Å². The van der Waals surface area contributed by atoms with Gasteiger partial charge in [0, 0.05) is 30.7 Å². The molecule has 1 unspecified atom stereocenters. The predicted octanol–water partition coefficient (Wildman–Crippen LogP) is 4.42. The molecule has 0 saturated heterocycles. The minimum absolute atomic E-state index is 0.261. The molecule has 0 aliphatic carbocycles. The van der Waals surface area contributed by atoms with Crippen molar-refractivity contribution in [2.45, 2.75) is 12.5 Å². The van der Waals surface area contributed by atoms with Crippen LogP contribution >= 0.6 is 15.9 Å². The zero-order chi connectivity index (χ0) is 24.7. The number of para-hydroxylation sites is 1. The molecule has 2 aliphatic rings. The SMILES string of the molecule is CN(C)c1ccc(C2CC(c3cccc(Br)c3)=NN2C(=O)CN2C(=O)C(=O)c3ccccc32)cc1. The highest BCUT2D eigenvalue weighted by Gasteiger charge is 2.40. The number of fused-ring (bicyclic) bond motifs is 1. The number of carbonyl (C=O) groups is 3. The van der Waals surface area contributed by atoms with E-state index in [-0.39, 0.29) is 18.5 Å². The number of anilines is 2. The highest BCUT2D eigenvalue weighted by atomic mass is 79.9. The normalized spacial score (nSPS) is 17.0. The Balaban J connectivity index is 1.48. The van der Waals surface area contributed by atoms with Crippen molar-refractivity contribution in [3.63, 3.8) is 0 Å². The largest absolute Gasteiger partial charge is 0.378 e. The monoisotopic (exact) mass is 530 g/mol. The second-order valence-corrected chi connectivity index (χ2v) is 9.65. The molecule has 0 saturated carbocycles. The number of hydrogen-bond donors (Lipinski definition) is 0. The van der Waals surface area contributed by atoms with E-state index in [9.17, 15) is 14.4 Å². The summed E-state index contributed by atoms with van der Waals surface area (Å²) >= 11 is 3.50. The van der Waals surface area contributed by atoms with E-state index in [0.29, 0.717) is 17.7 Å². The van der Waals surface area contributed by atoms with Gasteiger partial charge in [0.15, 0.2) is 0 Å². The van der Waals surface area contributed by atoms with Crippen LogP contribution in [0.15, 0.2) is 82.4 Å². The highest BCUT2D eigenvalue weighted by Crippen LogP contribution is 2.35. The fraction of sp³-hybridized carbons (Fsp3) is 0.185. The van der Waals surface area contributed by atoms with E-state index in [2.05, 4.69) is 15.9 Å². The van der Waals surface area contributed by atoms with Crippen LogP contribution in [0.2, 0.25) is 0 Å². The molecular formula is C27H23BrN4O3. The number of Topliss-reactive ketones (excluding diaryl/α,β-unsaturated/α-hetero) is 1. The Labute approximate surface area is 211 Å².